The van der Waals surface area contributed by atoms with Gasteiger partial charge in [0.25, 0.3) is 5.91 Å². The van der Waals surface area contributed by atoms with E-state index in [4.69, 9.17) is 0 Å². The van der Waals surface area contributed by atoms with Crippen LogP contribution in [0.5, 0.6) is 0 Å². The fourth-order valence-corrected chi connectivity index (χ4v) is 5.54. The second-order valence-electron chi connectivity index (χ2n) is 8.19. The number of nitrogens with zero attached hydrogens (tertiary/aromatic N) is 2. The Kier molecular flexibility index (Phi) is 7.79. The van der Waals surface area contributed by atoms with Crippen LogP contribution in [0, 0.1) is 27.7 Å². The van der Waals surface area contributed by atoms with Crippen LogP contribution < -0.4 is 5.43 Å². The fraction of sp³-hybridized carbons (Fsp3) is 0.231. The standard InChI is InChI=1S/C26H29N3O3S/c1-19-10-12-24(13-11-19)17-29(18-25(30)28-27-16-23-8-6-5-7-9-23)33(31,32)26-21(3)14-20(2)15-22(26)4/h5-16H,17-18H2,1-4H3,(H,28,30)/b27-16+. The van der Waals surface area contributed by atoms with E-state index in [-0.39, 0.29) is 18.0 Å². The zero-order valence-corrected chi connectivity index (χ0v) is 20.2. The quantitative estimate of drug-likeness (QED) is 0.400. The van der Waals surface area contributed by atoms with Crippen molar-refractivity contribution in [2.75, 3.05) is 6.54 Å². The van der Waals surface area contributed by atoms with Gasteiger partial charge in [0.2, 0.25) is 10.0 Å². The molecule has 1 amide bonds. The van der Waals surface area contributed by atoms with Gasteiger partial charge < -0.3 is 0 Å². The molecular weight excluding hydrogens is 434 g/mol. The maximum atomic E-state index is 13.7. The first-order valence-electron chi connectivity index (χ1n) is 10.7. The van der Waals surface area contributed by atoms with Crippen molar-refractivity contribution in [1.29, 1.82) is 0 Å². The minimum Gasteiger partial charge on any atom is -0.272 e. The molecule has 0 heterocycles. The van der Waals surface area contributed by atoms with Crippen molar-refractivity contribution < 1.29 is 13.2 Å². The summed E-state index contributed by atoms with van der Waals surface area (Å²) in [5.74, 6) is -0.514. The predicted molar refractivity (Wildman–Crippen MR) is 132 cm³/mol. The lowest BCUT2D eigenvalue weighted by Gasteiger charge is -2.24. The van der Waals surface area contributed by atoms with E-state index in [1.54, 1.807) is 13.8 Å². The molecule has 3 aromatic rings. The molecule has 172 valence electrons. The van der Waals surface area contributed by atoms with E-state index in [0.717, 1.165) is 22.3 Å². The van der Waals surface area contributed by atoms with Gasteiger partial charge >= 0.3 is 0 Å². The number of hydrazone groups is 1. The molecule has 7 heteroatoms. The third-order valence-electron chi connectivity index (χ3n) is 5.20. The number of rotatable bonds is 8. The average molecular weight is 464 g/mol. The molecule has 3 rings (SSSR count). The number of aryl methyl sites for hydroxylation is 4. The minimum atomic E-state index is -3.94. The van der Waals surface area contributed by atoms with Crippen molar-refractivity contribution >= 4 is 22.1 Å². The maximum Gasteiger partial charge on any atom is 0.255 e. The van der Waals surface area contributed by atoms with Crippen molar-refractivity contribution in [1.82, 2.24) is 9.73 Å². The first kappa shape index (κ1) is 24.4. The van der Waals surface area contributed by atoms with Crippen LogP contribution >= 0.6 is 0 Å². The lowest BCUT2D eigenvalue weighted by Crippen LogP contribution is -2.39. The molecule has 0 spiro atoms. The van der Waals surface area contributed by atoms with Crippen LogP contribution in [-0.4, -0.2) is 31.4 Å². The molecule has 6 nitrogen and oxygen atoms in total. The number of amides is 1. The Morgan fingerprint density at radius 2 is 1.52 bits per heavy atom. The Balaban J connectivity index is 1.88. The number of carbonyl (C=O) groups excluding carboxylic acids is 1. The van der Waals surface area contributed by atoms with E-state index in [1.165, 1.54) is 10.5 Å². The Bertz CT molecular complexity index is 1230. The number of sulfonamides is 1. The summed E-state index contributed by atoms with van der Waals surface area (Å²) in [6.45, 7) is 7.18. The highest BCUT2D eigenvalue weighted by atomic mass is 32.2. The topological polar surface area (TPSA) is 78.8 Å². The first-order chi connectivity index (χ1) is 15.7. The summed E-state index contributed by atoms with van der Waals surface area (Å²) in [7, 11) is -3.94. The van der Waals surface area contributed by atoms with Gasteiger partial charge in [0, 0.05) is 6.54 Å². The summed E-state index contributed by atoms with van der Waals surface area (Å²) < 4.78 is 28.6. The van der Waals surface area contributed by atoms with Crippen molar-refractivity contribution in [3.63, 3.8) is 0 Å². The molecule has 0 fully saturated rings. The van der Waals surface area contributed by atoms with Gasteiger partial charge in [0.05, 0.1) is 17.7 Å². The summed E-state index contributed by atoms with van der Waals surface area (Å²) in [5.41, 5.74) is 7.44. The monoisotopic (exact) mass is 463 g/mol. The van der Waals surface area contributed by atoms with Crippen LogP contribution in [-0.2, 0) is 21.4 Å². The van der Waals surface area contributed by atoms with E-state index in [2.05, 4.69) is 10.5 Å². The van der Waals surface area contributed by atoms with Gasteiger partial charge in [-0.1, -0.05) is 77.9 Å². The van der Waals surface area contributed by atoms with E-state index in [1.807, 2.05) is 80.6 Å². The summed E-state index contributed by atoms with van der Waals surface area (Å²) in [6.07, 6.45) is 1.52. The summed E-state index contributed by atoms with van der Waals surface area (Å²) in [4.78, 5) is 12.9. The Labute approximate surface area is 196 Å². The first-order valence-corrected chi connectivity index (χ1v) is 12.1. The largest absolute Gasteiger partial charge is 0.272 e. The second kappa shape index (κ2) is 10.6. The number of hydrogen-bond acceptors (Lipinski definition) is 4. The van der Waals surface area contributed by atoms with Crippen LogP contribution in [0.2, 0.25) is 0 Å². The molecule has 0 atom stereocenters. The summed E-state index contributed by atoms with van der Waals surface area (Å²) in [6, 6.07) is 20.6. The molecule has 1 N–H and O–H groups in total. The normalized spacial score (nSPS) is 11.8. The lowest BCUT2D eigenvalue weighted by atomic mass is 10.1. The lowest BCUT2D eigenvalue weighted by molar-refractivity contribution is -0.121. The maximum absolute atomic E-state index is 13.7. The zero-order chi connectivity index (χ0) is 24.0. The van der Waals surface area contributed by atoms with Gasteiger partial charge in [-0.05, 0) is 49.9 Å². The smallest absolute Gasteiger partial charge is 0.255 e. The molecule has 0 bridgehead atoms. The molecule has 0 saturated heterocycles. The molecule has 0 radical (unpaired) electrons. The molecule has 0 aromatic heterocycles. The van der Waals surface area contributed by atoms with Crippen LogP contribution in [0.25, 0.3) is 0 Å². The Morgan fingerprint density at radius 1 is 0.909 bits per heavy atom. The van der Waals surface area contributed by atoms with Gasteiger partial charge in [-0.25, -0.2) is 13.8 Å². The SMILES string of the molecule is Cc1ccc(CN(CC(=O)N/N=C/c2ccccc2)S(=O)(=O)c2c(C)cc(C)cc2C)cc1. The molecule has 0 aliphatic heterocycles. The van der Waals surface area contributed by atoms with Gasteiger partial charge in [-0.15, -0.1) is 0 Å². The Hall–Kier alpha value is -3.29. The highest BCUT2D eigenvalue weighted by Gasteiger charge is 2.30. The summed E-state index contributed by atoms with van der Waals surface area (Å²) >= 11 is 0. The molecule has 3 aromatic carbocycles. The highest BCUT2D eigenvalue weighted by Crippen LogP contribution is 2.26. The van der Waals surface area contributed by atoms with Crippen LogP contribution in [0.4, 0.5) is 0 Å². The molecule has 33 heavy (non-hydrogen) atoms. The van der Waals surface area contributed by atoms with E-state index < -0.39 is 15.9 Å². The van der Waals surface area contributed by atoms with Crippen molar-refractivity contribution in [2.45, 2.75) is 39.1 Å². The number of hydrogen-bond donors (Lipinski definition) is 1. The summed E-state index contributed by atoms with van der Waals surface area (Å²) in [5, 5.41) is 3.97. The number of nitrogens with one attached hydrogen (secondary N) is 1. The van der Waals surface area contributed by atoms with Gasteiger partial charge in [0.15, 0.2) is 0 Å². The van der Waals surface area contributed by atoms with Crippen LogP contribution in [0.15, 0.2) is 76.7 Å². The molecular formula is C26H29N3O3S. The van der Waals surface area contributed by atoms with Crippen LogP contribution in [0.3, 0.4) is 0 Å². The van der Waals surface area contributed by atoms with Gasteiger partial charge in [0.1, 0.15) is 0 Å². The Morgan fingerprint density at radius 3 is 2.12 bits per heavy atom. The number of carbonyl (C=O) groups is 1. The van der Waals surface area contributed by atoms with E-state index in [0.29, 0.717) is 11.1 Å². The fourth-order valence-electron chi connectivity index (χ4n) is 3.74. The molecule has 0 saturated carbocycles. The third kappa shape index (κ3) is 6.37. The average Bonchev–Trinajstić information content (AvgIpc) is 2.74. The second-order valence-corrected chi connectivity index (χ2v) is 10.1. The molecule has 0 aliphatic carbocycles. The number of benzene rings is 3. The zero-order valence-electron chi connectivity index (χ0n) is 19.4. The van der Waals surface area contributed by atoms with Crippen LogP contribution in [0.1, 0.15) is 33.4 Å². The minimum absolute atomic E-state index is 0.0746. The van der Waals surface area contributed by atoms with Crippen molar-refractivity contribution in [3.05, 3.63) is 100 Å². The van der Waals surface area contributed by atoms with Crippen molar-refractivity contribution in [2.24, 2.45) is 5.10 Å². The predicted octanol–water partition coefficient (Wildman–Crippen LogP) is 4.26. The van der Waals surface area contributed by atoms with Gasteiger partial charge in [-0.3, -0.25) is 4.79 Å². The van der Waals surface area contributed by atoms with E-state index >= 15 is 0 Å². The third-order valence-corrected chi connectivity index (χ3v) is 7.30. The van der Waals surface area contributed by atoms with Gasteiger partial charge in [-0.2, -0.15) is 9.41 Å². The van der Waals surface area contributed by atoms with Crippen molar-refractivity contribution in [3.8, 4) is 0 Å². The highest BCUT2D eigenvalue weighted by molar-refractivity contribution is 7.89. The molecule has 0 aliphatic rings. The molecule has 0 unspecified atom stereocenters. The van der Waals surface area contributed by atoms with E-state index in [9.17, 15) is 13.2 Å².